The molecular weight excluding hydrogens is 212 g/mol. The van der Waals surface area contributed by atoms with E-state index in [4.69, 9.17) is 0 Å². The summed E-state index contributed by atoms with van der Waals surface area (Å²) >= 11 is 0. The van der Waals surface area contributed by atoms with Crippen molar-refractivity contribution in [2.24, 2.45) is 0 Å². The number of urea groups is 1. The van der Waals surface area contributed by atoms with Gasteiger partial charge in [-0.25, -0.2) is 4.79 Å². The van der Waals surface area contributed by atoms with E-state index in [1.807, 2.05) is 0 Å². The number of hydrogen-bond donors (Lipinski definition) is 0. The van der Waals surface area contributed by atoms with Gasteiger partial charge in [0.2, 0.25) is 11.8 Å². The third kappa shape index (κ3) is 2.44. The van der Waals surface area contributed by atoms with Gasteiger partial charge in [0.05, 0.1) is 0 Å². The molecule has 0 aromatic heterocycles. The lowest BCUT2D eigenvalue weighted by molar-refractivity contribution is -0.142. The Balaban J connectivity index is 2.74. The standard InChI is InChI=1S/C9H16N2O3Si/c1-2-10-7(12)6-8(13)11(9(10)14)4-3-5-15/h2-6H2,1,15H3. The van der Waals surface area contributed by atoms with Gasteiger partial charge in [-0.15, -0.1) is 0 Å². The fourth-order valence-electron chi connectivity index (χ4n) is 1.53. The minimum absolute atomic E-state index is 0.166. The zero-order chi connectivity index (χ0) is 11.4. The molecule has 1 saturated heterocycles. The molecule has 0 aromatic carbocycles. The average Bonchev–Trinajstić information content (AvgIpc) is 2.17. The summed E-state index contributed by atoms with van der Waals surface area (Å²) in [6.07, 6.45) is 0.677. The summed E-state index contributed by atoms with van der Waals surface area (Å²) < 4.78 is 0. The maximum atomic E-state index is 11.7. The van der Waals surface area contributed by atoms with Crippen molar-refractivity contribution in [1.29, 1.82) is 0 Å². The highest BCUT2D eigenvalue weighted by Crippen LogP contribution is 2.12. The molecule has 0 aliphatic carbocycles. The molecule has 0 atom stereocenters. The van der Waals surface area contributed by atoms with Crippen LogP contribution < -0.4 is 0 Å². The molecule has 15 heavy (non-hydrogen) atoms. The first-order chi connectivity index (χ1) is 7.11. The summed E-state index contributed by atoms with van der Waals surface area (Å²) in [6.45, 7) is 2.52. The van der Waals surface area contributed by atoms with Crippen LogP contribution in [0.1, 0.15) is 19.8 Å². The van der Waals surface area contributed by atoms with Gasteiger partial charge >= 0.3 is 6.03 Å². The van der Waals surface area contributed by atoms with Gasteiger partial charge in [-0.2, -0.15) is 0 Å². The van der Waals surface area contributed by atoms with Crippen LogP contribution in [0.2, 0.25) is 6.04 Å². The molecule has 0 spiro atoms. The van der Waals surface area contributed by atoms with Crippen molar-refractivity contribution in [2.75, 3.05) is 13.1 Å². The molecule has 84 valence electrons. The minimum Gasteiger partial charge on any atom is -0.274 e. The first kappa shape index (κ1) is 11.9. The van der Waals surface area contributed by atoms with Crippen LogP contribution >= 0.6 is 0 Å². The Morgan fingerprint density at radius 1 is 1.20 bits per heavy atom. The zero-order valence-electron chi connectivity index (χ0n) is 9.15. The Kier molecular flexibility index (Phi) is 4.02. The minimum atomic E-state index is -0.450. The number of nitrogens with zero attached hydrogens (tertiary/aromatic N) is 2. The van der Waals surface area contributed by atoms with Gasteiger partial charge in [0.25, 0.3) is 0 Å². The third-order valence-corrected chi connectivity index (χ3v) is 3.12. The van der Waals surface area contributed by atoms with E-state index in [0.717, 1.165) is 27.6 Å². The van der Waals surface area contributed by atoms with Crippen LogP contribution in [-0.4, -0.2) is 51.0 Å². The lowest BCUT2D eigenvalue weighted by Gasteiger charge is -2.31. The predicted molar refractivity (Wildman–Crippen MR) is 58.5 cm³/mol. The van der Waals surface area contributed by atoms with E-state index in [2.05, 4.69) is 0 Å². The molecule has 0 radical (unpaired) electrons. The highest BCUT2D eigenvalue weighted by molar-refractivity contribution is 6.14. The lowest BCUT2D eigenvalue weighted by atomic mass is 10.2. The van der Waals surface area contributed by atoms with E-state index < -0.39 is 6.03 Å². The van der Waals surface area contributed by atoms with Crippen LogP contribution in [-0.2, 0) is 9.59 Å². The Morgan fingerprint density at radius 2 is 1.80 bits per heavy atom. The summed E-state index contributed by atoms with van der Waals surface area (Å²) in [4.78, 5) is 36.8. The molecule has 0 N–H and O–H groups in total. The van der Waals surface area contributed by atoms with Gasteiger partial charge in [0.15, 0.2) is 0 Å². The van der Waals surface area contributed by atoms with Gasteiger partial charge in [-0.3, -0.25) is 19.4 Å². The van der Waals surface area contributed by atoms with Crippen molar-refractivity contribution in [3.63, 3.8) is 0 Å². The van der Waals surface area contributed by atoms with Crippen molar-refractivity contribution in [3.05, 3.63) is 0 Å². The summed E-state index contributed by atoms with van der Waals surface area (Å²) in [5, 5.41) is 0. The average molecular weight is 228 g/mol. The second kappa shape index (κ2) is 5.06. The van der Waals surface area contributed by atoms with Crippen molar-refractivity contribution < 1.29 is 14.4 Å². The first-order valence-electron chi connectivity index (χ1n) is 5.26. The number of hydrogen-bond acceptors (Lipinski definition) is 3. The Labute approximate surface area is 91.8 Å². The van der Waals surface area contributed by atoms with E-state index in [-0.39, 0.29) is 18.2 Å². The quantitative estimate of drug-likeness (QED) is 0.475. The van der Waals surface area contributed by atoms with E-state index >= 15 is 0 Å². The maximum absolute atomic E-state index is 11.7. The molecule has 0 unspecified atom stereocenters. The maximum Gasteiger partial charge on any atom is 0.333 e. The Hall–Kier alpha value is -1.17. The molecule has 1 aliphatic heterocycles. The summed E-state index contributed by atoms with van der Waals surface area (Å²) in [7, 11) is 1.07. The van der Waals surface area contributed by atoms with Gasteiger partial charge in [-0.05, 0) is 13.3 Å². The summed E-state index contributed by atoms with van der Waals surface area (Å²) in [6, 6.07) is 0.603. The Bertz CT molecular complexity index is 293. The molecule has 0 aromatic rings. The van der Waals surface area contributed by atoms with E-state index in [9.17, 15) is 14.4 Å². The lowest BCUT2D eigenvalue weighted by Crippen LogP contribution is -2.55. The number of carbonyl (C=O) groups excluding carboxylic acids is 3. The molecule has 1 aliphatic rings. The van der Waals surface area contributed by atoms with Crippen molar-refractivity contribution in [3.8, 4) is 0 Å². The molecular formula is C9H16N2O3Si. The summed E-state index contributed by atoms with van der Waals surface area (Å²) in [5.41, 5.74) is 0. The van der Waals surface area contributed by atoms with Crippen LogP contribution in [0.25, 0.3) is 0 Å². The highest BCUT2D eigenvalue weighted by Gasteiger charge is 2.36. The SMILES string of the molecule is CCN1C(=O)CC(=O)N(CCC[SiH3])C1=O. The fraction of sp³-hybridized carbons (Fsp3) is 0.667. The van der Waals surface area contributed by atoms with Gasteiger partial charge in [0, 0.05) is 23.3 Å². The molecule has 1 rings (SSSR count). The van der Waals surface area contributed by atoms with Crippen LogP contribution in [0.4, 0.5) is 4.79 Å². The highest BCUT2D eigenvalue weighted by atomic mass is 28.1. The normalized spacial score (nSPS) is 17.8. The number of amides is 4. The fourth-order valence-corrected chi connectivity index (χ4v) is 1.84. The van der Waals surface area contributed by atoms with Crippen LogP contribution in [0, 0.1) is 0 Å². The largest absolute Gasteiger partial charge is 0.333 e. The van der Waals surface area contributed by atoms with Crippen molar-refractivity contribution in [1.82, 2.24) is 9.80 Å². The molecule has 5 nitrogen and oxygen atoms in total. The third-order valence-electron chi connectivity index (χ3n) is 2.42. The van der Waals surface area contributed by atoms with E-state index in [1.54, 1.807) is 6.92 Å². The van der Waals surface area contributed by atoms with E-state index in [0.29, 0.717) is 13.1 Å². The molecule has 1 fully saturated rings. The van der Waals surface area contributed by atoms with Crippen LogP contribution in [0.3, 0.4) is 0 Å². The van der Waals surface area contributed by atoms with Crippen molar-refractivity contribution >= 4 is 28.1 Å². The topological polar surface area (TPSA) is 57.7 Å². The number of carbonyl (C=O) groups is 3. The molecule has 0 saturated carbocycles. The molecule has 0 bridgehead atoms. The number of barbiturate groups is 1. The van der Waals surface area contributed by atoms with Gasteiger partial charge in [-0.1, -0.05) is 6.04 Å². The predicted octanol–water partition coefficient (Wildman–Crippen LogP) is -0.639. The second-order valence-corrected chi connectivity index (χ2v) is 4.50. The molecule has 4 amide bonds. The number of imide groups is 2. The van der Waals surface area contributed by atoms with Gasteiger partial charge in [0.1, 0.15) is 6.42 Å². The Morgan fingerprint density at radius 3 is 2.33 bits per heavy atom. The molecule has 1 heterocycles. The smallest absolute Gasteiger partial charge is 0.274 e. The van der Waals surface area contributed by atoms with Gasteiger partial charge < -0.3 is 0 Å². The summed E-state index contributed by atoms with van der Waals surface area (Å²) in [5.74, 6) is -0.737. The van der Waals surface area contributed by atoms with Crippen LogP contribution in [0.5, 0.6) is 0 Å². The molecule has 6 heteroatoms. The second-order valence-electron chi connectivity index (χ2n) is 3.50. The van der Waals surface area contributed by atoms with E-state index in [1.165, 1.54) is 4.90 Å². The van der Waals surface area contributed by atoms with Crippen LogP contribution in [0.15, 0.2) is 0 Å². The first-order valence-corrected chi connectivity index (χ1v) is 6.67. The zero-order valence-corrected chi connectivity index (χ0v) is 11.2. The van der Waals surface area contributed by atoms with Crippen molar-refractivity contribution in [2.45, 2.75) is 25.8 Å². The monoisotopic (exact) mass is 228 g/mol. The number of rotatable bonds is 4.